The zero-order chi connectivity index (χ0) is 14.6. The lowest BCUT2D eigenvalue weighted by Crippen LogP contribution is -2.43. The number of hydrogen-bond acceptors (Lipinski definition) is 2. The van der Waals surface area contributed by atoms with Crippen LogP contribution in [0.1, 0.15) is 65.7 Å². The van der Waals surface area contributed by atoms with Gasteiger partial charge in [0, 0.05) is 18.6 Å². The summed E-state index contributed by atoms with van der Waals surface area (Å²) in [5.41, 5.74) is 0.204. The molecule has 1 N–H and O–H groups in total. The highest BCUT2D eigenvalue weighted by atomic mass is 16.3. The van der Waals surface area contributed by atoms with Crippen molar-refractivity contribution in [1.29, 1.82) is 0 Å². The Kier molecular flexibility index (Phi) is 5.92. The van der Waals surface area contributed by atoms with E-state index in [1.165, 1.54) is 58.0 Å². The Bertz CT molecular complexity index is 291. The average Bonchev–Trinajstić information content (AvgIpc) is 2.64. The first-order valence-electron chi connectivity index (χ1n) is 8.88. The van der Waals surface area contributed by atoms with E-state index in [-0.39, 0.29) is 5.41 Å². The van der Waals surface area contributed by atoms with Crippen LogP contribution in [0.5, 0.6) is 0 Å². The Morgan fingerprint density at radius 2 is 1.95 bits per heavy atom. The maximum absolute atomic E-state index is 9.97. The van der Waals surface area contributed by atoms with Crippen molar-refractivity contribution in [3.63, 3.8) is 0 Å². The second kappa shape index (κ2) is 7.26. The summed E-state index contributed by atoms with van der Waals surface area (Å²) in [7, 11) is 0. The van der Waals surface area contributed by atoms with Crippen LogP contribution in [-0.4, -0.2) is 36.2 Å². The number of aliphatic hydroxyl groups excluding tert-OH is 1. The van der Waals surface area contributed by atoms with Crippen molar-refractivity contribution in [2.24, 2.45) is 23.2 Å². The first-order valence-corrected chi connectivity index (χ1v) is 8.88. The summed E-state index contributed by atoms with van der Waals surface area (Å²) in [5, 5.41) is 9.97. The molecule has 2 heteroatoms. The normalized spacial score (nSPS) is 37.0. The second-order valence-electron chi connectivity index (χ2n) is 8.07. The molecule has 0 amide bonds. The fraction of sp³-hybridized carbons (Fsp3) is 1.00. The van der Waals surface area contributed by atoms with E-state index in [0.29, 0.717) is 6.61 Å². The van der Waals surface area contributed by atoms with Crippen LogP contribution in [0.25, 0.3) is 0 Å². The Morgan fingerprint density at radius 3 is 2.60 bits per heavy atom. The van der Waals surface area contributed by atoms with Gasteiger partial charge in [-0.1, -0.05) is 33.6 Å². The molecule has 1 aliphatic carbocycles. The summed E-state index contributed by atoms with van der Waals surface area (Å²) in [6, 6.07) is 0. The smallest absolute Gasteiger partial charge is 0.0499 e. The topological polar surface area (TPSA) is 23.5 Å². The molecule has 1 saturated heterocycles. The molecule has 2 nitrogen and oxygen atoms in total. The van der Waals surface area contributed by atoms with Gasteiger partial charge in [-0.25, -0.2) is 0 Å². The van der Waals surface area contributed by atoms with Crippen molar-refractivity contribution in [2.75, 3.05) is 26.2 Å². The number of likely N-dealkylation sites (tertiary alicyclic amines) is 1. The molecule has 0 aromatic rings. The predicted molar refractivity (Wildman–Crippen MR) is 85.8 cm³/mol. The second-order valence-corrected chi connectivity index (χ2v) is 8.07. The van der Waals surface area contributed by atoms with Crippen molar-refractivity contribution in [3.05, 3.63) is 0 Å². The van der Waals surface area contributed by atoms with Gasteiger partial charge in [0.2, 0.25) is 0 Å². The molecular formula is C18H35NO. The summed E-state index contributed by atoms with van der Waals surface area (Å²) in [4.78, 5) is 2.66. The lowest BCUT2D eigenvalue weighted by atomic mass is 9.70. The fourth-order valence-electron chi connectivity index (χ4n) is 4.59. The van der Waals surface area contributed by atoms with Crippen LogP contribution in [0.3, 0.4) is 0 Å². The first kappa shape index (κ1) is 16.3. The number of rotatable bonds is 4. The van der Waals surface area contributed by atoms with Crippen LogP contribution in [0.15, 0.2) is 0 Å². The van der Waals surface area contributed by atoms with Gasteiger partial charge in [0.15, 0.2) is 0 Å². The van der Waals surface area contributed by atoms with Crippen LogP contribution in [0.4, 0.5) is 0 Å². The monoisotopic (exact) mass is 281 g/mol. The molecule has 1 heterocycles. The van der Waals surface area contributed by atoms with Crippen LogP contribution < -0.4 is 0 Å². The molecule has 2 aliphatic rings. The minimum atomic E-state index is 0.204. The summed E-state index contributed by atoms with van der Waals surface area (Å²) < 4.78 is 0. The van der Waals surface area contributed by atoms with E-state index in [1.54, 1.807) is 0 Å². The quantitative estimate of drug-likeness (QED) is 0.844. The molecule has 2 rings (SSSR count). The first-order chi connectivity index (χ1) is 9.54. The summed E-state index contributed by atoms with van der Waals surface area (Å²) in [6.07, 6.45) is 9.23. The lowest BCUT2D eigenvalue weighted by Gasteiger charge is -2.42. The summed E-state index contributed by atoms with van der Waals surface area (Å²) in [6.45, 7) is 11.1. The number of aliphatic hydroxyl groups is 1. The molecule has 1 aliphatic heterocycles. The van der Waals surface area contributed by atoms with E-state index in [9.17, 15) is 5.11 Å². The van der Waals surface area contributed by atoms with E-state index < -0.39 is 0 Å². The standard InChI is InChI=1S/C18H35NO/c1-15(2)17-7-5-10-19(11-8-17)13-18(14-20)9-4-6-16(3)12-18/h15-17,20H,4-14H2,1-3H3. The van der Waals surface area contributed by atoms with Gasteiger partial charge in [0.1, 0.15) is 0 Å². The lowest BCUT2D eigenvalue weighted by molar-refractivity contribution is 0.0244. The number of nitrogens with zero attached hydrogens (tertiary/aromatic N) is 1. The van der Waals surface area contributed by atoms with E-state index in [2.05, 4.69) is 25.7 Å². The zero-order valence-corrected chi connectivity index (χ0v) is 13.9. The molecule has 118 valence electrons. The third kappa shape index (κ3) is 4.21. The molecule has 0 aromatic heterocycles. The van der Waals surface area contributed by atoms with Crippen molar-refractivity contribution in [1.82, 2.24) is 4.90 Å². The summed E-state index contributed by atoms with van der Waals surface area (Å²) in [5.74, 6) is 2.54. The van der Waals surface area contributed by atoms with E-state index in [4.69, 9.17) is 0 Å². The average molecular weight is 281 g/mol. The highest BCUT2D eigenvalue weighted by Crippen LogP contribution is 2.40. The van der Waals surface area contributed by atoms with Gasteiger partial charge in [0.05, 0.1) is 0 Å². The Morgan fingerprint density at radius 1 is 1.15 bits per heavy atom. The Hall–Kier alpha value is -0.0800. The van der Waals surface area contributed by atoms with E-state index >= 15 is 0 Å². The summed E-state index contributed by atoms with van der Waals surface area (Å²) >= 11 is 0. The third-order valence-corrected chi connectivity index (χ3v) is 5.89. The van der Waals surface area contributed by atoms with Gasteiger partial charge < -0.3 is 10.0 Å². The van der Waals surface area contributed by atoms with Crippen molar-refractivity contribution in [2.45, 2.75) is 65.7 Å². The minimum absolute atomic E-state index is 0.204. The molecular weight excluding hydrogens is 246 g/mol. The van der Waals surface area contributed by atoms with Gasteiger partial charge in [-0.3, -0.25) is 0 Å². The zero-order valence-electron chi connectivity index (χ0n) is 13.9. The predicted octanol–water partition coefficient (Wildman–Crippen LogP) is 3.93. The molecule has 1 saturated carbocycles. The molecule has 0 spiro atoms. The molecule has 0 aromatic carbocycles. The SMILES string of the molecule is CC1CCCC(CO)(CN2CCCC(C(C)C)CC2)C1. The van der Waals surface area contributed by atoms with Gasteiger partial charge >= 0.3 is 0 Å². The fourth-order valence-corrected chi connectivity index (χ4v) is 4.59. The minimum Gasteiger partial charge on any atom is -0.396 e. The van der Waals surface area contributed by atoms with E-state index in [1.807, 2.05) is 0 Å². The molecule has 3 atom stereocenters. The van der Waals surface area contributed by atoms with Gasteiger partial charge in [-0.2, -0.15) is 0 Å². The van der Waals surface area contributed by atoms with Gasteiger partial charge in [-0.15, -0.1) is 0 Å². The van der Waals surface area contributed by atoms with Crippen molar-refractivity contribution >= 4 is 0 Å². The van der Waals surface area contributed by atoms with Crippen molar-refractivity contribution in [3.8, 4) is 0 Å². The van der Waals surface area contributed by atoms with Crippen LogP contribution in [0, 0.1) is 23.2 Å². The van der Waals surface area contributed by atoms with Crippen LogP contribution >= 0.6 is 0 Å². The Balaban J connectivity index is 1.91. The largest absolute Gasteiger partial charge is 0.396 e. The molecule has 0 bridgehead atoms. The van der Waals surface area contributed by atoms with Crippen LogP contribution in [-0.2, 0) is 0 Å². The highest BCUT2D eigenvalue weighted by molar-refractivity contribution is 4.88. The van der Waals surface area contributed by atoms with E-state index in [0.717, 1.165) is 24.3 Å². The maximum Gasteiger partial charge on any atom is 0.0499 e. The molecule has 2 fully saturated rings. The number of hydrogen-bond donors (Lipinski definition) is 1. The van der Waals surface area contributed by atoms with Crippen LogP contribution in [0.2, 0.25) is 0 Å². The highest BCUT2D eigenvalue weighted by Gasteiger charge is 2.36. The molecule has 20 heavy (non-hydrogen) atoms. The van der Waals surface area contributed by atoms with Gasteiger partial charge in [-0.05, 0) is 62.9 Å². The third-order valence-electron chi connectivity index (χ3n) is 5.89. The molecule has 0 radical (unpaired) electrons. The molecule has 3 unspecified atom stereocenters. The maximum atomic E-state index is 9.97. The Labute approximate surface area is 125 Å². The van der Waals surface area contributed by atoms with Crippen molar-refractivity contribution < 1.29 is 5.11 Å². The van der Waals surface area contributed by atoms with Gasteiger partial charge in [0.25, 0.3) is 0 Å².